The number of hydrogen-bond donors (Lipinski definition) is 1. The maximum atomic E-state index is 14.4. The maximum absolute atomic E-state index is 14.4. The highest BCUT2D eigenvalue weighted by molar-refractivity contribution is 7.18. The number of aromatic carboxylic acids is 1. The minimum absolute atomic E-state index is 0.0515. The predicted octanol–water partition coefficient (Wildman–Crippen LogP) is 6.33. The van der Waals surface area contributed by atoms with E-state index in [9.17, 15) is 32.3 Å². The second-order valence-corrected chi connectivity index (χ2v) is 8.01. The van der Waals surface area contributed by atoms with Crippen LogP contribution in [0.1, 0.15) is 39.4 Å². The van der Waals surface area contributed by atoms with Gasteiger partial charge in [-0.1, -0.05) is 30.3 Å². The minimum atomic E-state index is -4.76. The van der Waals surface area contributed by atoms with E-state index < -0.39 is 41.0 Å². The zero-order valence-corrected chi connectivity index (χ0v) is 17.2. The second kappa shape index (κ2) is 8.50. The third-order valence-corrected chi connectivity index (χ3v) is 5.65. The molecule has 3 rings (SSSR count). The van der Waals surface area contributed by atoms with Crippen LogP contribution in [0.25, 0.3) is 10.4 Å². The molecule has 0 radical (unpaired) electrons. The van der Waals surface area contributed by atoms with Crippen molar-refractivity contribution in [3.8, 4) is 10.4 Å². The molecule has 0 spiro atoms. The summed E-state index contributed by atoms with van der Waals surface area (Å²) >= 11 is 0.953. The van der Waals surface area contributed by atoms with E-state index in [1.165, 1.54) is 6.07 Å². The number of carbonyl (C=O) groups is 2. The molecule has 0 fully saturated rings. The molecule has 1 aromatic heterocycles. The van der Waals surface area contributed by atoms with Crippen LogP contribution in [0.5, 0.6) is 0 Å². The molecule has 0 atom stereocenters. The van der Waals surface area contributed by atoms with E-state index in [2.05, 4.69) is 0 Å². The van der Waals surface area contributed by atoms with E-state index in [0.29, 0.717) is 10.9 Å². The first-order chi connectivity index (χ1) is 14.5. The van der Waals surface area contributed by atoms with Gasteiger partial charge >= 0.3 is 12.1 Å². The molecule has 2 aromatic carbocycles. The van der Waals surface area contributed by atoms with Crippen molar-refractivity contribution < 1.29 is 32.3 Å². The molecular weight excluding hydrogens is 434 g/mol. The molecule has 1 N–H and O–H groups in total. The van der Waals surface area contributed by atoms with E-state index in [-0.39, 0.29) is 16.6 Å². The topological polar surface area (TPSA) is 57.6 Å². The molecule has 162 valence electrons. The number of thiophene rings is 1. The summed E-state index contributed by atoms with van der Waals surface area (Å²) in [6.07, 6.45) is -4.76. The van der Waals surface area contributed by atoms with Crippen molar-refractivity contribution in [2.45, 2.75) is 26.1 Å². The zero-order chi connectivity index (χ0) is 22.9. The van der Waals surface area contributed by atoms with Crippen molar-refractivity contribution in [1.82, 2.24) is 0 Å². The Hall–Kier alpha value is -3.20. The van der Waals surface area contributed by atoms with Gasteiger partial charge in [0.25, 0.3) is 5.91 Å². The fourth-order valence-electron chi connectivity index (χ4n) is 3.07. The zero-order valence-electron chi connectivity index (χ0n) is 16.4. The van der Waals surface area contributed by atoms with Crippen LogP contribution in [0, 0.1) is 5.82 Å². The van der Waals surface area contributed by atoms with Gasteiger partial charge in [-0.3, -0.25) is 4.79 Å². The molecule has 0 aliphatic carbocycles. The summed E-state index contributed by atoms with van der Waals surface area (Å²) in [4.78, 5) is 26.5. The van der Waals surface area contributed by atoms with E-state index in [1.807, 2.05) is 0 Å². The Balaban J connectivity index is 2.10. The van der Waals surface area contributed by atoms with Crippen molar-refractivity contribution in [2.24, 2.45) is 0 Å². The SMILES string of the molecule is CC(C)N(C(=O)c1ccc(C(F)(F)F)cc1F)c1cc(-c2ccccc2)sc1C(=O)O. The summed E-state index contributed by atoms with van der Waals surface area (Å²) in [6, 6.07) is 11.5. The molecule has 3 aromatic rings. The summed E-state index contributed by atoms with van der Waals surface area (Å²) in [5.41, 5.74) is -1.01. The van der Waals surface area contributed by atoms with Crippen LogP contribution in [0.3, 0.4) is 0 Å². The first-order valence-electron chi connectivity index (χ1n) is 9.13. The van der Waals surface area contributed by atoms with Crippen molar-refractivity contribution in [2.75, 3.05) is 4.90 Å². The fraction of sp³-hybridized carbons (Fsp3) is 0.182. The Kier molecular flexibility index (Phi) is 6.17. The normalized spacial score (nSPS) is 11.6. The van der Waals surface area contributed by atoms with E-state index in [1.54, 1.807) is 44.2 Å². The van der Waals surface area contributed by atoms with Gasteiger partial charge in [0.15, 0.2) is 0 Å². The molecule has 0 saturated carbocycles. The van der Waals surface area contributed by atoms with Crippen LogP contribution < -0.4 is 4.90 Å². The summed E-state index contributed by atoms with van der Waals surface area (Å²) < 4.78 is 52.9. The molecular formula is C22H17F4NO3S. The molecule has 1 heterocycles. The molecule has 9 heteroatoms. The standard InChI is InChI=1S/C22H17F4NO3S/c1-12(2)27(20(28)15-9-8-14(10-16(15)23)22(24,25)26)17-11-18(31-19(17)21(29)30)13-6-4-3-5-7-13/h3-12H,1-2H3,(H,29,30). The second-order valence-electron chi connectivity index (χ2n) is 6.96. The number of alkyl halides is 3. The number of benzene rings is 2. The number of hydrogen-bond acceptors (Lipinski definition) is 3. The number of carboxylic acids is 1. The van der Waals surface area contributed by atoms with Crippen LogP contribution >= 0.6 is 11.3 Å². The third-order valence-electron chi connectivity index (χ3n) is 4.49. The van der Waals surface area contributed by atoms with Crippen molar-refractivity contribution >= 4 is 28.9 Å². The number of rotatable bonds is 5. The Morgan fingerprint density at radius 3 is 2.19 bits per heavy atom. The van der Waals surface area contributed by atoms with Crippen LogP contribution in [0.4, 0.5) is 23.2 Å². The van der Waals surface area contributed by atoms with Gasteiger partial charge in [-0.05, 0) is 43.7 Å². The average Bonchev–Trinajstić information content (AvgIpc) is 3.12. The summed E-state index contributed by atoms with van der Waals surface area (Å²) in [5, 5.41) is 9.66. The average molecular weight is 451 g/mol. The minimum Gasteiger partial charge on any atom is -0.477 e. The highest BCUT2D eigenvalue weighted by Crippen LogP contribution is 2.39. The Labute approximate surface area is 179 Å². The monoisotopic (exact) mass is 451 g/mol. The lowest BCUT2D eigenvalue weighted by atomic mass is 10.1. The molecule has 0 bridgehead atoms. The maximum Gasteiger partial charge on any atom is 0.416 e. The molecule has 4 nitrogen and oxygen atoms in total. The lowest BCUT2D eigenvalue weighted by molar-refractivity contribution is -0.137. The van der Waals surface area contributed by atoms with Crippen molar-refractivity contribution in [3.05, 3.63) is 76.4 Å². The summed E-state index contributed by atoms with van der Waals surface area (Å²) in [7, 11) is 0. The number of carboxylic acid groups (broad SMARTS) is 1. The van der Waals surface area contributed by atoms with Gasteiger partial charge in [0.2, 0.25) is 0 Å². The number of anilines is 1. The lowest BCUT2D eigenvalue weighted by Crippen LogP contribution is -2.38. The fourth-order valence-corrected chi connectivity index (χ4v) is 4.07. The summed E-state index contributed by atoms with van der Waals surface area (Å²) in [5.74, 6) is -3.53. The first kappa shape index (κ1) is 22.5. The Morgan fingerprint density at radius 2 is 1.68 bits per heavy atom. The van der Waals surface area contributed by atoms with E-state index >= 15 is 0 Å². The number of carbonyl (C=O) groups excluding carboxylic acids is 1. The summed E-state index contributed by atoms with van der Waals surface area (Å²) in [6.45, 7) is 3.21. The largest absolute Gasteiger partial charge is 0.477 e. The van der Waals surface area contributed by atoms with Gasteiger partial charge in [-0.15, -0.1) is 11.3 Å². The molecule has 0 aliphatic heterocycles. The molecule has 1 amide bonds. The number of halogens is 4. The van der Waals surface area contributed by atoms with Crippen molar-refractivity contribution in [3.63, 3.8) is 0 Å². The molecule has 31 heavy (non-hydrogen) atoms. The van der Waals surface area contributed by atoms with Crippen LogP contribution in [-0.4, -0.2) is 23.0 Å². The third kappa shape index (κ3) is 4.61. The molecule has 0 saturated heterocycles. The van der Waals surface area contributed by atoms with Crippen LogP contribution in [0.2, 0.25) is 0 Å². The van der Waals surface area contributed by atoms with E-state index in [0.717, 1.165) is 27.9 Å². The number of nitrogens with zero attached hydrogens (tertiary/aromatic N) is 1. The van der Waals surface area contributed by atoms with Gasteiger partial charge < -0.3 is 10.0 Å². The Bertz CT molecular complexity index is 1120. The highest BCUT2D eigenvalue weighted by Gasteiger charge is 2.33. The highest BCUT2D eigenvalue weighted by atomic mass is 32.1. The molecule has 0 unspecified atom stereocenters. The van der Waals surface area contributed by atoms with E-state index in [4.69, 9.17) is 0 Å². The number of amides is 1. The van der Waals surface area contributed by atoms with Gasteiger partial charge in [0.1, 0.15) is 10.7 Å². The lowest BCUT2D eigenvalue weighted by Gasteiger charge is -2.27. The molecule has 0 aliphatic rings. The first-order valence-corrected chi connectivity index (χ1v) is 9.95. The van der Waals surface area contributed by atoms with Gasteiger partial charge in [0, 0.05) is 10.9 Å². The van der Waals surface area contributed by atoms with Gasteiger partial charge in [-0.25, -0.2) is 9.18 Å². The van der Waals surface area contributed by atoms with Crippen LogP contribution in [0.15, 0.2) is 54.6 Å². The van der Waals surface area contributed by atoms with Gasteiger partial charge in [0.05, 0.1) is 16.8 Å². The smallest absolute Gasteiger partial charge is 0.416 e. The van der Waals surface area contributed by atoms with Crippen LogP contribution in [-0.2, 0) is 6.18 Å². The van der Waals surface area contributed by atoms with Gasteiger partial charge in [-0.2, -0.15) is 13.2 Å². The van der Waals surface area contributed by atoms with Crippen molar-refractivity contribution in [1.29, 1.82) is 0 Å². The Morgan fingerprint density at radius 1 is 1.03 bits per heavy atom. The quantitative estimate of drug-likeness (QED) is 0.462. The predicted molar refractivity (Wildman–Crippen MR) is 110 cm³/mol.